The predicted octanol–water partition coefficient (Wildman–Crippen LogP) is 4.31. The second kappa shape index (κ2) is 7.44. The molecule has 1 aromatic carbocycles. The summed E-state index contributed by atoms with van der Waals surface area (Å²) in [5.74, 6) is -0.513. The van der Waals surface area contributed by atoms with Crippen LogP contribution in [-0.4, -0.2) is 47.2 Å². The minimum atomic E-state index is -5.80. The van der Waals surface area contributed by atoms with Crippen molar-refractivity contribution in [1.29, 1.82) is 0 Å². The van der Waals surface area contributed by atoms with Crippen molar-refractivity contribution in [2.75, 3.05) is 13.6 Å². The van der Waals surface area contributed by atoms with Gasteiger partial charge in [-0.2, -0.15) is 22.0 Å². The molecule has 2 atom stereocenters. The van der Waals surface area contributed by atoms with Gasteiger partial charge in [-0.05, 0) is 54.7 Å². The third-order valence-corrected chi connectivity index (χ3v) is 5.84. The number of carbonyl (C=O) groups is 1. The summed E-state index contributed by atoms with van der Waals surface area (Å²) < 4.78 is 66.8. The van der Waals surface area contributed by atoms with Crippen molar-refractivity contribution < 1.29 is 31.5 Å². The first-order valence-corrected chi connectivity index (χ1v) is 9.74. The molecule has 166 valence electrons. The lowest BCUT2D eigenvalue weighted by atomic mass is 9.96. The molecule has 1 aromatic heterocycles. The van der Waals surface area contributed by atoms with Crippen molar-refractivity contribution in [3.8, 4) is 16.9 Å². The lowest BCUT2D eigenvalue weighted by Gasteiger charge is -2.23. The second-order valence-electron chi connectivity index (χ2n) is 7.90. The van der Waals surface area contributed by atoms with Gasteiger partial charge in [0.05, 0.1) is 11.7 Å². The van der Waals surface area contributed by atoms with Gasteiger partial charge < -0.3 is 9.64 Å². The van der Waals surface area contributed by atoms with Crippen LogP contribution in [0.15, 0.2) is 42.6 Å². The molecular weight excluding hydrogens is 421 g/mol. The van der Waals surface area contributed by atoms with E-state index < -0.39 is 23.6 Å². The number of hydrogen-bond acceptors (Lipinski definition) is 4. The molecule has 1 spiro atoms. The summed E-state index contributed by atoms with van der Waals surface area (Å²) in [5.41, 5.74) is 1.51. The summed E-state index contributed by atoms with van der Waals surface area (Å²) in [7, 11) is 1.78. The average Bonchev–Trinajstić information content (AvgIpc) is 3.27. The van der Waals surface area contributed by atoms with Gasteiger partial charge in [0.25, 0.3) is 0 Å². The van der Waals surface area contributed by atoms with Crippen LogP contribution in [0, 0.1) is 0 Å². The Morgan fingerprint density at radius 1 is 1.10 bits per heavy atom. The summed E-state index contributed by atoms with van der Waals surface area (Å²) in [5, 5.41) is 3.43. The van der Waals surface area contributed by atoms with E-state index >= 15 is 0 Å². The number of halogens is 5. The molecule has 1 N–H and O–H groups in total. The monoisotopic (exact) mass is 441 g/mol. The van der Waals surface area contributed by atoms with Gasteiger partial charge in [-0.3, -0.25) is 15.1 Å². The predicted molar refractivity (Wildman–Crippen MR) is 101 cm³/mol. The quantitative estimate of drug-likeness (QED) is 0.719. The van der Waals surface area contributed by atoms with E-state index in [0.29, 0.717) is 18.5 Å². The number of amides is 1. The van der Waals surface area contributed by atoms with E-state index in [1.807, 2.05) is 6.07 Å². The SMILES string of the molecule is CN1CC[C@@]2(CC[C@H](c3cc(-c4ccc(OC(F)(F)C(F)(F)F)cc4)ccn3)N2)C1=O. The summed E-state index contributed by atoms with van der Waals surface area (Å²) in [6, 6.07) is 8.35. The van der Waals surface area contributed by atoms with Gasteiger partial charge in [0.1, 0.15) is 11.3 Å². The number of benzene rings is 1. The highest BCUT2D eigenvalue weighted by molar-refractivity contribution is 5.88. The first kappa shape index (κ1) is 21.5. The highest BCUT2D eigenvalue weighted by Gasteiger charge is 2.61. The molecule has 4 rings (SSSR count). The molecule has 3 heterocycles. The number of nitrogens with one attached hydrogen (secondary N) is 1. The number of aromatic nitrogens is 1. The van der Waals surface area contributed by atoms with Gasteiger partial charge in [0.2, 0.25) is 5.91 Å². The van der Waals surface area contributed by atoms with Gasteiger partial charge in [-0.25, -0.2) is 0 Å². The number of nitrogens with zero attached hydrogens (tertiary/aromatic N) is 2. The molecular formula is C21H20F5N3O2. The van der Waals surface area contributed by atoms with E-state index in [2.05, 4.69) is 15.0 Å². The molecule has 2 aliphatic rings. The van der Waals surface area contributed by atoms with Crippen LogP contribution < -0.4 is 10.1 Å². The standard InChI is InChI=1S/C21H20F5N3O2/c1-29-11-9-19(18(29)30)8-6-16(28-19)17-12-14(7-10-27-17)13-2-4-15(5-3-13)31-21(25,26)20(22,23)24/h2-5,7,10,12,16,28H,6,8-9,11H2,1H3/t16-,19+/m1/s1. The number of likely N-dealkylation sites (N-methyl/N-ethyl adjacent to an activating group) is 1. The van der Waals surface area contributed by atoms with Gasteiger partial charge in [-0.1, -0.05) is 12.1 Å². The average molecular weight is 441 g/mol. The molecule has 1 amide bonds. The summed E-state index contributed by atoms with van der Waals surface area (Å²) in [6.07, 6.45) is -7.27. The van der Waals surface area contributed by atoms with Crippen LogP contribution in [0.4, 0.5) is 22.0 Å². The summed E-state index contributed by atoms with van der Waals surface area (Å²) in [6.45, 7) is 0.702. The third kappa shape index (κ3) is 3.96. The lowest BCUT2D eigenvalue weighted by Crippen LogP contribution is -2.47. The zero-order valence-corrected chi connectivity index (χ0v) is 16.5. The Hall–Kier alpha value is -2.75. The Morgan fingerprint density at radius 3 is 2.42 bits per heavy atom. The van der Waals surface area contributed by atoms with E-state index in [1.165, 1.54) is 12.1 Å². The fourth-order valence-electron chi connectivity index (χ4n) is 4.13. The normalized spacial score (nSPS) is 24.3. The number of alkyl halides is 5. The maximum atomic E-state index is 13.1. The van der Waals surface area contributed by atoms with E-state index in [-0.39, 0.29) is 11.9 Å². The fraction of sp³-hybridized carbons (Fsp3) is 0.429. The lowest BCUT2D eigenvalue weighted by molar-refractivity contribution is -0.360. The van der Waals surface area contributed by atoms with Crippen LogP contribution in [0.2, 0.25) is 0 Å². The highest BCUT2D eigenvalue weighted by atomic mass is 19.4. The van der Waals surface area contributed by atoms with Crippen LogP contribution in [0.1, 0.15) is 31.0 Å². The van der Waals surface area contributed by atoms with Gasteiger partial charge >= 0.3 is 12.3 Å². The fourth-order valence-corrected chi connectivity index (χ4v) is 4.13. The van der Waals surface area contributed by atoms with Gasteiger partial charge in [0.15, 0.2) is 0 Å². The third-order valence-electron chi connectivity index (χ3n) is 5.84. The van der Waals surface area contributed by atoms with Crippen molar-refractivity contribution in [1.82, 2.24) is 15.2 Å². The van der Waals surface area contributed by atoms with Crippen molar-refractivity contribution in [2.45, 2.75) is 43.1 Å². The van der Waals surface area contributed by atoms with E-state index in [9.17, 15) is 26.7 Å². The molecule has 0 radical (unpaired) electrons. The largest absolute Gasteiger partial charge is 0.499 e. The molecule has 2 aliphatic heterocycles. The Labute approximate surface area is 175 Å². The molecule has 0 aliphatic carbocycles. The maximum absolute atomic E-state index is 13.1. The molecule has 2 fully saturated rings. The number of ether oxygens (including phenoxy) is 1. The van der Waals surface area contributed by atoms with Gasteiger partial charge in [-0.15, -0.1) is 0 Å². The zero-order valence-electron chi connectivity index (χ0n) is 16.5. The minimum Gasteiger partial charge on any atom is -0.426 e. The summed E-state index contributed by atoms with van der Waals surface area (Å²) in [4.78, 5) is 18.6. The highest BCUT2D eigenvalue weighted by Crippen LogP contribution is 2.40. The Balaban J connectivity index is 1.50. The summed E-state index contributed by atoms with van der Waals surface area (Å²) >= 11 is 0. The van der Waals surface area contributed by atoms with Crippen molar-refractivity contribution in [3.05, 3.63) is 48.3 Å². The Kier molecular flexibility index (Phi) is 5.15. The smallest absolute Gasteiger partial charge is 0.426 e. The number of likely N-dealkylation sites (tertiary alicyclic amines) is 1. The van der Waals surface area contributed by atoms with Crippen molar-refractivity contribution >= 4 is 5.91 Å². The molecule has 2 aromatic rings. The molecule has 31 heavy (non-hydrogen) atoms. The Morgan fingerprint density at radius 2 is 1.81 bits per heavy atom. The van der Waals surface area contributed by atoms with Gasteiger partial charge in [0, 0.05) is 19.8 Å². The number of rotatable bonds is 4. The van der Waals surface area contributed by atoms with Crippen LogP contribution in [0.25, 0.3) is 11.1 Å². The first-order valence-electron chi connectivity index (χ1n) is 9.74. The number of carbonyl (C=O) groups excluding carboxylic acids is 1. The van der Waals surface area contributed by atoms with Crippen molar-refractivity contribution in [3.63, 3.8) is 0 Å². The number of hydrogen-bond donors (Lipinski definition) is 1. The van der Waals surface area contributed by atoms with Crippen LogP contribution in [0.5, 0.6) is 5.75 Å². The second-order valence-corrected chi connectivity index (χ2v) is 7.90. The maximum Gasteiger partial charge on any atom is 0.499 e. The molecule has 0 unspecified atom stereocenters. The van der Waals surface area contributed by atoms with Crippen LogP contribution in [-0.2, 0) is 4.79 Å². The first-order chi connectivity index (χ1) is 14.5. The Bertz CT molecular complexity index is 980. The topological polar surface area (TPSA) is 54.5 Å². The molecule has 5 nitrogen and oxygen atoms in total. The van der Waals surface area contributed by atoms with Crippen LogP contribution >= 0.6 is 0 Å². The van der Waals surface area contributed by atoms with E-state index in [1.54, 1.807) is 24.2 Å². The molecule has 2 saturated heterocycles. The number of pyridine rings is 1. The van der Waals surface area contributed by atoms with Crippen molar-refractivity contribution in [2.24, 2.45) is 0 Å². The van der Waals surface area contributed by atoms with E-state index in [0.717, 1.165) is 36.2 Å². The van der Waals surface area contributed by atoms with Crippen LogP contribution in [0.3, 0.4) is 0 Å². The zero-order chi connectivity index (χ0) is 22.4. The molecule has 10 heteroatoms. The minimum absolute atomic E-state index is 0.0809. The van der Waals surface area contributed by atoms with E-state index in [4.69, 9.17) is 0 Å². The molecule has 0 bridgehead atoms. The molecule has 0 saturated carbocycles.